The molecule has 0 unspecified atom stereocenters. The lowest BCUT2D eigenvalue weighted by atomic mass is 10.1. The Morgan fingerprint density at radius 2 is 1.84 bits per heavy atom. The van der Waals surface area contributed by atoms with E-state index in [4.69, 9.17) is 16.3 Å². The molecule has 0 aliphatic heterocycles. The third-order valence-electron chi connectivity index (χ3n) is 4.59. The van der Waals surface area contributed by atoms with Crippen LogP contribution in [0.1, 0.15) is 21.9 Å². The van der Waals surface area contributed by atoms with Gasteiger partial charge in [-0.1, -0.05) is 29.8 Å². The van der Waals surface area contributed by atoms with Crippen molar-refractivity contribution in [2.75, 3.05) is 7.11 Å². The van der Waals surface area contributed by atoms with E-state index < -0.39 is 23.6 Å². The number of amides is 1. The standard InChI is InChI=1S/C21H15ClF3N5O2/c1-32-14-8-6-12(7-9-14)16-10-17(21(23,24)25)30-20(27-16)28-18(29-30)19(31)26-11-13-4-2-3-5-15(13)22/h2-10H,11H2,1H3,(H,26,31). The molecule has 0 bridgehead atoms. The number of nitrogens with zero attached hydrogens (tertiary/aromatic N) is 4. The smallest absolute Gasteiger partial charge is 0.433 e. The van der Waals surface area contributed by atoms with Crippen molar-refractivity contribution in [2.45, 2.75) is 12.7 Å². The van der Waals surface area contributed by atoms with Crippen molar-refractivity contribution >= 4 is 23.3 Å². The van der Waals surface area contributed by atoms with E-state index in [0.717, 1.165) is 6.07 Å². The van der Waals surface area contributed by atoms with Crippen molar-refractivity contribution in [1.29, 1.82) is 0 Å². The van der Waals surface area contributed by atoms with Gasteiger partial charge < -0.3 is 10.1 Å². The fourth-order valence-electron chi connectivity index (χ4n) is 2.97. The van der Waals surface area contributed by atoms with Crippen LogP contribution in [-0.2, 0) is 12.7 Å². The third kappa shape index (κ3) is 4.35. The summed E-state index contributed by atoms with van der Waals surface area (Å²) in [6.45, 7) is 0.0602. The predicted octanol–water partition coefficient (Wildman–Crippen LogP) is 4.40. The van der Waals surface area contributed by atoms with Crippen LogP contribution in [0.5, 0.6) is 5.75 Å². The van der Waals surface area contributed by atoms with Crippen LogP contribution < -0.4 is 10.1 Å². The minimum absolute atomic E-state index is 0.0305. The zero-order valence-corrected chi connectivity index (χ0v) is 17.3. The van der Waals surface area contributed by atoms with Crippen molar-refractivity contribution < 1.29 is 22.7 Å². The quantitative estimate of drug-likeness (QED) is 0.476. The number of hydrogen-bond donors (Lipinski definition) is 1. The summed E-state index contributed by atoms with van der Waals surface area (Å²) < 4.78 is 46.7. The normalized spacial score (nSPS) is 11.5. The Morgan fingerprint density at radius 3 is 2.50 bits per heavy atom. The number of aromatic nitrogens is 4. The van der Waals surface area contributed by atoms with Crippen LogP contribution in [0, 0.1) is 0 Å². The number of fused-ring (bicyclic) bond motifs is 1. The maximum Gasteiger partial charge on any atom is 0.433 e. The van der Waals surface area contributed by atoms with Crippen LogP contribution in [0.3, 0.4) is 0 Å². The number of ether oxygens (including phenoxy) is 1. The first-order chi connectivity index (χ1) is 15.3. The number of carbonyl (C=O) groups is 1. The molecule has 0 radical (unpaired) electrons. The van der Waals surface area contributed by atoms with Crippen molar-refractivity contribution in [1.82, 2.24) is 24.9 Å². The molecule has 11 heteroatoms. The van der Waals surface area contributed by atoms with Crippen LogP contribution >= 0.6 is 11.6 Å². The molecule has 0 fully saturated rings. The number of alkyl halides is 3. The molecule has 0 spiro atoms. The first-order valence-corrected chi connectivity index (χ1v) is 9.65. The molecule has 4 rings (SSSR count). The largest absolute Gasteiger partial charge is 0.497 e. The van der Waals surface area contributed by atoms with Crippen LogP contribution in [0.25, 0.3) is 17.0 Å². The lowest BCUT2D eigenvalue weighted by Crippen LogP contribution is -2.24. The van der Waals surface area contributed by atoms with Crippen LogP contribution in [0.2, 0.25) is 5.02 Å². The van der Waals surface area contributed by atoms with Gasteiger partial charge >= 0.3 is 6.18 Å². The molecular formula is C21H15ClF3N5O2. The molecule has 2 aromatic heterocycles. The van der Waals surface area contributed by atoms with E-state index in [1.54, 1.807) is 48.5 Å². The summed E-state index contributed by atoms with van der Waals surface area (Å²) in [6, 6.07) is 14.1. The Bertz CT molecular complexity index is 1290. The second-order valence-corrected chi connectivity index (χ2v) is 7.08. The lowest BCUT2D eigenvalue weighted by molar-refractivity contribution is -0.142. The first kappa shape index (κ1) is 21.6. The zero-order chi connectivity index (χ0) is 22.9. The Hall–Kier alpha value is -3.66. The summed E-state index contributed by atoms with van der Waals surface area (Å²) in [6.07, 6.45) is -4.75. The molecule has 0 atom stereocenters. The van der Waals surface area contributed by atoms with Gasteiger partial charge in [0.25, 0.3) is 11.7 Å². The van der Waals surface area contributed by atoms with Gasteiger partial charge in [0.2, 0.25) is 5.82 Å². The number of hydrogen-bond acceptors (Lipinski definition) is 5. The van der Waals surface area contributed by atoms with Gasteiger partial charge in [-0.15, -0.1) is 5.10 Å². The fourth-order valence-corrected chi connectivity index (χ4v) is 3.18. The number of benzene rings is 2. The monoisotopic (exact) mass is 461 g/mol. The molecule has 2 aromatic carbocycles. The number of halogens is 4. The molecule has 4 aromatic rings. The lowest BCUT2D eigenvalue weighted by Gasteiger charge is -2.10. The fraction of sp³-hybridized carbons (Fsp3) is 0.143. The second kappa shape index (κ2) is 8.46. The number of methoxy groups -OCH3 is 1. The molecule has 7 nitrogen and oxygen atoms in total. The molecule has 0 aliphatic carbocycles. The van der Waals surface area contributed by atoms with Crippen molar-refractivity contribution in [3.05, 3.63) is 76.7 Å². The van der Waals surface area contributed by atoms with Gasteiger partial charge in [0.1, 0.15) is 5.75 Å². The van der Waals surface area contributed by atoms with Crippen LogP contribution in [0.4, 0.5) is 13.2 Å². The second-order valence-electron chi connectivity index (χ2n) is 6.67. The summed E-state index contributed by atoms with van der Waals surface area (Å²) in [5, 5.41) is 6.73. The third-order valence-corrected chi connectivity index (χ3v) is 4.96. The summed E-state index contributed by atoms with van der Waals surface area (Å²) in [4.78, 5) is 20.5. The average molecular weight is 462 g/mol. The Balaban J connectivity index is 1.70. The van der Waals surface area contributed by atoms with E-state index in [1.807, 2.05) is 0 Å². The molecule has 0 saturated heterocycles. The van der Waals surface area contributed by atoms with E-state index in [0.29, 0.717) is 26.4 Å². The minimum atomic E-state index is -4.75. The van der Waals surface area contributed by atoms with Gasteiger partial charge in [-0.25, -0.2) is 4.98 Å². The van der Waals surface area contributed by atoms with Gasteiger partial charge in [-0.05, 0) is 42.0 Å². The van der Waals surface area contributed by atoms with Crippen LogP contribution in [0.15, 0.2) is 54.6 Å². The molecule has 2 heterocycles. The van der Waals surface area contributed by atoms with Crippen LogP contribution in [-0.4, -0.2) is 32.6 Å². The van der Waals surface area contributed by atoms with E-state index in [1.165, 1.54) is 7.11 Å². The molecule has 32 heavy (non-hydrogen) atoms. The minimum Gasteiger partial charge on any atom is -0.497 e. The van der Waals surface area contributed by atoms with E-state index in [2.05, 4.69) is 20.4 Å². The maximum atomic E-state index is 13.7. The number of nitrogens with one attached hydrogen (secondary N) is 1. The van der Waals surface area contributed by atoms with Gasteiger partial charge in [-0.2, -0.15) is 22.7 Å². The van der Waals surface area contributed by atoms with Crippen molar-refractivity contribution in [3.8, 4) is 17.0 Å². The van der Waals surface area contributed by atoms with Gasteiger partial charge in [0.15, 0.2) is 5.69 Å². The maximum absolute atomic E-state index is 13.7. The Morgan fingerprint density at radius 1 is 1.12 bits per heavy atom. The summed E-state index contributed by atoms with van der Waals surface area (Å²) in [7, 11) is 1.48. The highest BCUT2D eigenvalue weighted by Gasteiger charge is 2.36. The topological polar surface area (TPSA) is 81.4 Å². The SMILES string of the molecule is COc1ccc(-c2cc(C(F)(F)F)n3nc(C(=O)NCc4ccccc4Cl)nc3n2)cc1. The molecule has 1 amide bonds. The number of rotatable bonds is 5. The molecule has 164 valence electrons. The summed E-state index contributed by atoms with van der Waals surface area (Å²) in [5.41, 5.74) is -0.0115. The molecule has 0 saturated carbocycles. The van der Waals surface area contributed by atoms with Crippen molar-refractivity contribution in [3.63, 3.8) is 0 Å². The molecule has 0 aliphatic rings. The predicted molar refractivity (Wildman–Crippen MR) is 110 cm³/mol. The average Bonchev–Trinajstić information content (AvgIpc) is 3.21. The van der Waals surface area contributed by atoms with Gasteiger partial charge in [0.05, 0.1) is 12.8 Å². The van der Waals surface area contributed by atoms with E-state index in [-0.39, 0.29) is 18.0 Å². The molecular weight excluding hydrogens is 447 g/mol. The molecule has 1 N–H and O–H groups in total. The summed E-state index contributed by atoms with van der Waals surface area (Å²) in [5.74, 6) is -1.00. The van der Waals surface area contributed by atoms with Gasteiger partial charge in [0, 0.05) is 17.1 Å². The number of carbonyl (C=O) groups excluding carboxylic acids is 1. The zero-order valence-electron chi connectivity index (χ0n) is 16.5. The van der Waals surface area contributed by atoms with Crippen molar-refractivity contribution in [2.24, 2.45) is 0 Å². The first-order valence-electron chi connectivity index (χ1n) is 9.27. The summed E-state index contributed by atoms with van der Waals surface area (Å²) >= 11 is 6.05. The highest BCUT2D eigenvalue weighted by Crippen LogP contribution is 2.32. The highest BCUT2D eigenvalue weighted by atomic mass is 35.5. The van der Waals surface area contributed by atoms with E-state index >= 15 is 0 Å². The van der Waals surface area contributed by atoms with Gasteiger partial charge in [-0.3, -0.25) is 4.79 Å². The highest BCUT2D eigenvalue weighted by molar-refractivity contribution is 6.31. The van der Waals surface area contributed by atoms with E-state index in [9.17, 15) is 18.0 Å². The Kier molecular flexibility index (Phi) is 5.70. The Labute approximate surface area is 184 Å².